The SMILES string of the molecule is Cc1ccc(Sc2sc(S(=O)(=O)Nc3ccc(C(F)(F)F)c(O[C@@H]4CCN(C)C4)c3)cc2C)cc1C. The highest BCUT2D eigenvalue weighted by molar-refractivity contribution is 8.02. The average molecular weight is 557 g/mol. The van der Waals surface area contributed by atoms with Crippen molar-refractivity contribution in [3.8, 4) is 5.75 Å². The topological polar surface area (TPSA) is 58.6 Å². The third-order valence-electron chi connectivity index (χ3n) is 5.98. The third kappa shape index (κ3) is 6.19. The number of aryl methyl sites for hydroxylation is 3. The Kier molecular flexibility index (Phi) is 7.66. The molecule has 1 atom stereocenters. The number of nitrogens with one attached hydrogen (secondary N) is 1. The molecule has 1 aromatic heterocycles. The number of sulfonamides is 1. The van der Waals surface area contributed by atoms with E-state index in [9.17, 15) is 21.6 Å². The molecule has 0 aliphatic carbocycles. The van der Waals surface area contributed by atoms with Gasteiger partial charge in [0.2, 0.25) is 0 Å². The molecule has 2 heterocycles. The van der Waals surface area contributed by atoms with Crippen molar-refractivity contribution in [3.63, 3.8) is 0 Å². The Morgan fingerprint density at radius 2 is 1.81 bits per heavy atom. The van der Waals surface area contributed by atoms with Crippen LogP contribution in [0.1, 0.15) is 28.7 Å². The minimum Gasteiger partial charge on any atom is -0.488 e. The van der Waals surface area contributed by atoms with Crippen molar-refractivity contribution in [2.75, 3.05) is 24.9 Å². The zero-order valence-corrected chi connectivity index (χ0v) is 22.7. The molecule has 4 rings (SSSR count). The maximum absolute atomic E-state index is 13.6. The largest absolute Gasteiger partial charge is 0.488 e. The van der Waals surface area contributed by atoms with Gasteiger partial charge >= 0.3 is 6.18 Å². The second-order valence-electron chi connectivity index (χ2n) is 8.99. The lowest BCUT2D eigenvalue weighted by molar-refractivity contribution is -0.139. The molecule has 3 aromatic rings. The van der Waals surface area contributed by atoms with E-state index < -0.39 is 27.9 Å². The molecule has 1 saturated heterocycles. The zero-order valence-electron chi connectivity index (χ0n) is 20.3. The summed E-state index contributed by atoms with van der Waals surface area (Å²) in [5.41, 5.74) is 2.21. The summed E-state index contributed by atoms with van der Waals surface area (Å²) in [4.78, 5) is 2.97. The minimum absolute atomic E-state index is 0.0127. The van der Waals surface area contributed by atoms with Gasteiger partial charge in [-0.2, -0.15) is 13.2 Å². The first kappa shape index (κ1) is 26.8. The number of hydrogen-bond acceptors (Lipinski definition) is 6. The van der Waals surface area contributed by atoms with Gasteiger partial charge in [0.15, 0.2) is 0 Å². The summed E-state index contributed by atoms with van der Waals surface area (Å²) >= 11 is 2.61. The molecule has 1 N–H and O–H groups in total. The smallest absolute Gasteiger partial charge is 0.419 e. The van der Waals surface area contributed by atoms with E-state index in [1.165, 1.54) is 17.3 Å². The van der Waals surface area contributed by atoms with Gasteiger partial charge < -0.3 is 9.64 Å². The predicted octanol–water partition coefficient (Wildman–Crippen LogP) is 6.73. The van der Waals surface area contributed by atoms with Gasteiger partial charge in [0, 0.05) is 24.1 Å². The van der Waals surface area contributed by atoms with Crippen LogP contribution in [0.2, 0.25) is 0 Å². The lowest BCUT2D eigenvalue weighted by atomic mass is 10.1. The summed E-state index contributed by atoms with van der Waals surface area (Å²) < 4.78 is 76.0. The van der Waals surface area contributed by atoms with Crippen LogP contribution in [0, 0.1) is 20.8 Å². The summed E-state index contributed by atoms with van der Waals surface area (Å²) in [6.45, 7) is 7.11. The molecule has 0 spiro atoms. The number of ether oxygens (including phenoxy) is 1. The predicted molar refractivity (Wildman–Crippen MR) is 138 cm³/mol. The lowest BCUT2D eigenvalue weighted by Crippen LogP contribution is -2.23. The molecule has 11 heteroatoms. The molecule has 0 unspecified atom stereocenters. The van der Waals surface area contributed by atoms with Crippen LogP contribution in [0.25, 0.3) is 0 Å². The van der Waals surface area contributed by atoms with E-state index in [-0.39, 0.29) is 15.6 Å². The van der Waals surface area contributed by atoms with Gasteiger partial charge in [-0.3, -0.25) is 4.72 Å². The Hall–Kier alpha value is -2.21. The Labute approximate surface area is 217 Å². The third-order valence-corrected chi connectivity index (χ3v) is 10.4. The molecule has 1 aliphatic heterocycles. The van der Waals surface area contributed by atoms with Crippen molar-refractivity contribution in [2.45, 2.75) is 52.8 Å². The maximum Gasteiger partial charge on any atom is 0.419 e. The number of likely N-dealkylation sites (N-methyl/N-ethyl adjacent to an activating group) is 1. The highest BCUT2D eigenvalue weighted by Gasteiger charge is 2.36. The fraction of sp³-hybridized carbons (Fsp3) is 0.360. The molecular weight excluding hydrogens is 529 g/mol. The van der Waals surface area contributed by atoms with E-state index in [2.05, 4.69) is 10.8 Å². The Balaban J connectivity index is 1.57. The molecule has 36 heavy (non-hydrogen) atoms. The normalized spacial score (nSPS) is 16.9. The first-order valence-electron chi connectivity index (χ1n) is 11.3. The van der Waals surface area contributed by atoms with Gasteiger partial charge in [-0.15, -0.1) is 11.3 Å². The van der Waals surface area contributed by atoms with Crippen LogP contribution in [0.5, 0.6) is 5.75 Å². The Morgan fingerprint density at radius 3 is 2.44 bits per heavy atom. The van der Waals surface area contributed by atoms with Gasteiger partial charge in [0.05, 0.1) is 15.5 Å². The highest BCUT2D eigenvalue weighted by atomic mass is 32.3. The first-order valence-corrected chi connectivity index (χ1v) is 14.4. The molecule has 0 radical (unpaired) electrons. The van der Waals surface area contributed by atoms with Crippen LogP contribution in [0.15, 0.2) is 55.8 Å². The van der Waals surface area contributed by atoms with E-state index in [1.54, 1.807) is 6.07 Å². The summed E-state index contributed by atoms with van der Waals surface area (Å²) in [5, 5.41) is 0. The summed E-state index contributed by atoms with van der Waals surface area (Å²) in [5.74, 6) is -0.378. The van der Waals surface area contributed by atoms with Crippen LogP contribution in [-0.4, -0.2) is 39.6 Å². The van der Waals surface area contributed by atoms with Crippen molar-refractivity contribution >= 4 is 38.8 Å². The van der Waals surface area contributed by atoms with Crippen molar-refractivity contribution < 1.29 is 26.3 Å². The summed E-state index contributed by atoms with van der Waals surface area (Å²) in [7, 11) is -2.14. The van der Waals surface area contributed by atoms with E-state index in [0.29, 0.717) is 13.0 Å². The van der Waals surface area contributed by atoms with Crippen LogP contribution < -0.4 is 9.46 Å². The molecule has 0 saturated carbocycles. The number of rotatable bonds is 7. The standard InChI is InChI=1S/C25H27F3N2O3S3/c1-15-5-7-20(11-16(15)2)34-24-17(3)12-23(35-24)36(31,32)29-18-6-8-21(25(26,27)28)22(13-18)33-19-9-10-30(4)14-19/h5-8,11-13,19,29H,9-10,14H2,1-4H3/t19-/m1/s1. The highest BCUT2D eigenvalue weighted by Crippen LogP contribution is 2.41. The summed E-state index contributed by atoms with van der Waals surface area (Å²) in [6.07, 6.45) is -4.42. The van der Waals surface area contributed by atoms with Crippen molar-refractivity contribution in [3.05, 3.63) is 64.7 Å². The van der Waals surface area contributed by atoms with Crippen LogP contribution in [-0.2, 0) is 16.2 Å². The number of alkyl halides is 3. The Morgan fingerprint density at radius 1 is 1.06 bits per heavy atom. The number of likely N-dealkylation sites (tertiary alicyclic amines) is 1. The molecule has 1 aliphatic rings. The van der Waals surface area contributed by atoms with E-state index in [0.717, 1.165) is 56.3 Å². The fourth-order valence-electron chi connectivity index (χ4n) is 3.85. The van der Waals surface area contributed by atoms with Crippen LogP contribution in [0.3, 0.4) is 0 Å². The first-order chi connectivity index (χ1) is 16.8. The number of halogens is 3. The monoisotopic (exact) mass is 556 g/mol. The van der Waals surface area contributed by atoms with Crippen molar-refractivity contribution in [1.82, 2.24) is 4.90 Å². The van der Waals surface area contributed by atoms with Crippen LogP contribution in [0.4, 0.5) is 18.9 Å². The van der Waals surface area contributed by atoms with E-state index in [1.807, 2.05) is 44.9 Å². The molecule has 0 amide bonds. The molecule has 0 bridgehead atoms. The Bertz CT molecular complexity index is 1370. The summed E-state index contributed by atoms with van der Waals surface area (Å²) in [6, 6.07) is 10.7. The van der Waals surface area contributed by atoms with Gasteiger partial charge in [0.25, 0.3) is 10.0 Å². The number of anilines is 1. The lowest BCUT2D eigenvalue weighted by Gasteiger charge is -2.19. The average Bonchev–Trinajstić information content (AvgIpc) is 3.35. The van der Waals surface area contributed by atoms with Crippen molar-refractivity contribution in [2.24, 2.45) is 0 Å². The van der Waals surface area contributed by atoms with Crippen LogP contribution >= 0.6 is 23.1 Å². The van der Waals surface area contributed by atoms with Gasteiger partial charge in [-0.1, -0.05) is 17.8 Å². The number of thiophene rings is 1. The van der Waals surface area contributed by atoms with Gasteiger partial charge in [-0.05, 0) is 81.3 Å². The maximum atomic E-state index is 13.6. The van der Waals surface area contributed by atoms with Crippen molar-refractivity contribution in [1.29, 1.82) is 0 Å². The van der Waals surface area contributed by atoms with Gasteiger partial charge in [-0.25, -0.2) is 8.42 Å². The molecule has 1 fully saturated rings. The molecule has 2 aromatic carbocycles. The zero-order chi connectivity index (χ0) is 26.3. The minimum atomic E-state index is -4.62. The second-order valence-corrected chi connectivity index (χ2v) is 13.3. The second kappa shape index (κ2) is 10.3. The number of benzene rings is 2. The van der Waals surface area contributed by atoms with Gasteiger partial charge in [0.1, 0.15) is 16.1 Å². The quantitative estimate of drug-likeness (QED) is 0.350. The van der Waals surface area contributed by atoms with E-state index in [4.69, 9.17) is 4.74 Å². The van der Waals surface area contributed by atoms with E-state index >= 15 is 0 Å². The number of nitrogens with zero attached hydrogens (tertiary/aromatic N) is 1. The fourth-order valence-corrected chi connectivity index (χ4v) is 7.86. The number of hydrogen-bond donors (Lipinski definition) is 1. The molecule has 5 nitrogen and oxygen atoms in total. The molecule has 194 valence electrons. The molecular formula is C25H27F3N2O3S3.